The van der Waals surface area contributed by atoms with Crippen molar-refractivity contribution in [3.63, 3.8) is 0 Å². The van der Waals surface area contributed by atoms with E-state index in [1.165, 1.54) is 26.4 Å². The van der Waals surface area contributed by atoms with Gasteiger partial charge in [-0.15, -0.1) is 0 Å². The molecule has 27 heavy (non-hydrogen) atoms. The number of hydrogen-bond acceptors (Lipinski definition) is 2. The maximum Gasteiger partial charge on any atom is 0.263 e. The first-order valence-electron chi connectivity index (χ1n) is 9.02. The zero-order valence-electron chi connectivity index (χ0n) is 16.0. The molecule has 0 bridgehead atoms. The number of anilines is 1. The highest BCUT2D eigenvalue weighted by atomic mass is 32.1. The summed E-state index contributed by atoms with van der Waals surface area (Å²) in [4.78, 5) is 0. The van der Waals surface area contributed by atoms with E-state index < -0.39 is 0 Å². The van der Waals surface area contributed by atoms with Gasteiger partial charge in [-0.25, -0.2) is 0 Å². The van der Waals surface area contributed by atoms with E-state index in [2.05, 4.69) is 97.5 Å². The minimum atomic E-state index is 1.10. The lowest BCUT2D eigenvalue weighted by Crippen LogP contribution is -2.28. The molecule has 0 aliphatic heterocycles. The van der Waals surface area contributed by atoms with Crippen LogP contribution in [0.3, 0.4) is 0 Å². The maximum absolute atomic E-state index is 3.28. The third-order valence-electron chi connectivity index (χ3n) is 4.24. The molecule has 4 aromatic rings. The highest BCUT2D eigenvalue weighted by Gasteiger charge is 2.12. The molecule has 3 heteroatoms. The second-order valence-corrected chi connectivity index (χ2v) is 7.53. The summed E-state index contributed by atoms with van der Waals surface area (Å²) in [5, 5.41) is 4.50. The predicted octanol–water partition coefficient (Wildman–Crippen LogP) is 6.11. The van der Waals surface area contributed by atoms with E-state index in [-0.39, 0.29) is 0 Å². The van der Waals surface area contributed by atoms with E-state index in [0.717, 1.165) is 5.69 Å². The Hall–Kier alpha value is -2.91. The van der Waals surface area contributed by atoms with Crippen molar-refractivity contribution in [1.82, 2.24) is 0 Å². The standard InChI is InChI=1S/C16H14N2S.C8H10/c1-18-14-9-5-6-10-15(14)19-16(18)11-12-17-13-7-3-2-4-8-13;1-7-3-5-8(2)6-4-7/h2-12H,1H3;3-6H,1-2H3/p+1. The van der Waals surface area contributed by atoms with E-state index in [1.807, 2.05) is 24.4 Å². The van der Waals surface area contributed by atoms with Crippen LogP contribution in [0.15, 0.2) is 85.1 Å². The van der Waals surface area contributed by atoms with Crippen molar-refractivity contribution in [2.75, 3.05) is 5.32 Å². The summed E-state index contributed by atoms with van der Waals surface area (Å²) in [6, 6.07) is 27.1. The molecule has 1 aromatic heterocycles. The average Bonchev–Trinajstić information content (AvgIpc) is 3.02. The molecule has 3 aromatic carbocycles. The zero-order chi connectivity index (χ0) is 19.1. The topological polar surface area (TPSA) is 15.9 Å². The summed E-state index contributed by atoms with van der Waals surface area (Å²) >= 11 is 1.80. The van der Waals surface area contributed by atoms with Crippen LogP contribution in [0.2, 0.25) is 0 Å². The lowest BCUT2D eigenvalue weighted by atomic mass is 10.2. The van der Waals surface area contributed by atoms with Gasteiger partial charge < -0.3 is 5.32 Å². The molecule has 0 saturated heterocycles. The molecule has 0 spiro atoms. The predicted molar refractivity (Wildman–Crippen MR) is 118 cm³/mol. The Balaban J connectivity index is 0.000000221. The molecule has 0 atom stereocenters. The van der Waals surface area contributed by atoms with Gasteiger partial charge in [0.25, 0.3) is 5.01 Å². The van der Waals surface area contributed by atoms with Gasteiger partial charge in [0.15, 0.2) is 0 Å². The highest BCUT2D eigenvalue weighted by molar-refractivity contribution is 7.18. The fraction of sp³-hybridized carbons (Fsp3) is 0.125. The van der Waals surface area contributed by atoms with Crippen molar-refractivity contribution in [1.29, 1.82) is 0 Å². The number of aromatic nitrogens is 1. The molecule has 2 nitrogen and oxygen atoms in total. The first-order chi connectivity index (χ1) is 13.1. The summed E-state index contributed by atoms with van der Waals surface area (Å²) in [6.45, 7) is 4.19. The monoisotopic (exact) mass is 373 g/mol. The number of nitrogens with one attached hydrogen (secondary N) is 1. The van der Waals surface area contributed by atoms with Crippen LogP contribution in [-0.2, 0) is 7.05 Å². The number of para-hydroxylation sites is 2. The van der Waals surface area contributed by atoms with Crippen LogP contribution >= 0.6 is 11.3 Å². The first-order valence-corrected chi connectivity index (χ1v) is 9.84. The van der Waals surface area contributed by atoms with Crippen molar-refractivity contribution in [3.8, 4) is 0 Å². The second kappa shape index (κ2) is 9.15. The van der Waals surface area contributed by atoms with Gasteiger partial charge in [-0.1, -0.05) is 77.1 Å². The number of fused-ring (bicyclic) bond motifs is 1. The smallest absolute Gasteiger partial charge is 0.263 e. The van der Waals surface area contributed by atoms with Crippen LogP contribution in [0, 0.1) is 13.8 Å². The molecule has 0 aliphatic rings. The van der Waals surface area contributed by atoms with Gasteiger partial charge in [0.1, 0.15) is 11.7 Å². The molecule has 0 saturated carbocycles. The van der Waals surface area contributed by atoms with E-state index in [1.54, 1.807) is 11.3 Å². The number of rotatable bonds is 3. The number of aryl methyl sites for hydroxylation is 3. The van der Waals surface area contributed by atoms with Gasteiger partial charge in [0, 0.05) is 24.0 Å². The maximum atomic E-state index is 3.28. The van der Waals surface area contributed by atoms with E-state index >= 15 is 0 Å². The van der Waals surface area contributed by atoms with Crippen molar-refractivity contribution >= 4 is 33.3 Å². The van der Waals surface area contributed by atoms with E-state index in [9.17, 15) is 0 Å². The number of hydrogen-bond donors (Lipinski definition) is 1. The van der Waals surface area contributed by atoms with Gasteiger partial charge in [0.2, 0.25) is 5.52 Å². The van der Waals surface area contributed by atoms with E-state index in [0.29, 0.717) is 0 Å². The molecule has 0 aliphatic carbocycles. The minimum absolute atomic E-state index is 1.10. The highest BCUT2D eigenvalue weighted by Crippen LogP contribution is 2.20. The summed E-state index contributed by atoms with van der Waals surface area (Å²) in [6.07, 6.45) is 4.09. The van der Waals surface area contributed by atoms with Crippen LogP contribution in [0.1, 0.15) is 16.1 Å². The Morgan fingerprint density at radius 3 is 2.00 bits per heavy atom. The van der Waals surface area contributed by atoms with Gasteiger partial charge in [-0.2, -0.15) is 4.57 Å². The van der Waals surface area contributed by atoms with Crippen LogP contribution < -0.4 is 9.88 Å². The van der Waals surface area contributed by atoms with Crippen LogP contribution in [0.5, 0.6) is 0 Å². The van der Waals surface area contributed by atoms with Crippen molar-refractivity contribution < 1.29 is 4.57 Å². The summed E-state index contributed by atoms with van der Waals surface area (Å²) in [5.74, 6) is 0. The molecule has 136 valence electrons. The SMILES string of the molecule is C[n+]1c(C=CNc2ccccc2)sc2ccccc21.Cc1ccc(C)cc1. The molecular formula is C24H25N2S+. The van der Waals surface area contributed by atoms with Crippen molar-refractivity contribution in [3.05, 3.63) is 101 Å². The Morgan fingerprint density at radius 1 is 0.778 bits per heavy atom. The number of thiazole rings is 1. The lowest BCUT2D eigenvalue weighted by molar-refractivity contribution is -0.642. The average molecular weight is 374 g/mol. The van der Waals surface area contributed by atoms with Gasteiger partial charge in [-0.05, 0) is 32.0 Å². The zero-order valence-corrected chi connectivity index (χ0v) is 16.8. The molecule has 4 rings (SSSR count). The Kier molecular flexibility index (Phi) is 6.39. The Bertz CT molecular complexity index is 994. The fourth-order valence-corrected chi connectivity index (χ4v) is 3.70. The number of nitrogens with zero attached hydrogens (tertiary/aromatic N) is 1. The summed E-state index contributed by atoms with van der Waals surface area (Å²) in [7, 11) is 2.10. The van der Waals surface area contributed by atoms with Gasteiger partial charge in [0.05, 0.1) is 0 Å². The molecule has 1 heterocycles. The third-order valence-corrected chi connectivity index (χ3v) is 5.42. The summed E-state index contributed by atoms with van der Waals surface area (Å²) < 4.78 is 3.52. The third kappa shape index (κ3) is 5.28. The molecular weight excluding hydrogens is 348 g/mol. The van der Waals surface area contributed by atoms with Gasteiger partial charge in [-0.3, -0.25) is 0 Å². The number of benzene rings is 3. The second-order valence-electron chi connectivity index (χ2n) is 6.47. The molecule has 0 radical (unpaired) electrons. The fourth-order valence-electron chi connectivity index (χ4n) is 2.65. The molecule has 1 N–H and O–H groups in total. The van der Waals surface area contributed by atoms with Gasteiger partial charge >= 0.3 is 0 Å². The quantitative estimate of drug-likeness (QED) is 0.428. The molecule has 0 amide bonds. The van der Waals surface area contributed by atoms with Crippen molar-refractivity contribution in [2.45, 2.75) is 13.8 Å². The largest absolute Gasteiger partial charge is 0.361 e. The molecule has 0 unspecified atom stereocenters. The lowest BCUT2D eigenvalue weighted by Gasteiger charge is -1.97. The van der Waals surface area contributed by atoms with Crippen LogP contribution in [0.25, 0.3) is 16.3 Å². The Morgan fingerprint density at radius 2 is 1.37 bits per heavy atom. The normalized spacial score (nSPS) is 10.6. The van der Waals surface area contributed by atoms with E-state index in [4.69, 9.17) is 0 Å². The summed E-state index contributed by atoms with van der Waals surface area (Å²) in [5.41, 5.74) is 5.03. The first kappa shape index (κ1) is 18.9. The molecule has 0 fully saturated rings. The van der Waals surface area contributed by atoms with Crippen LogP contribution in [0.4, 0.5) is 5.69 Å². The minimum Gasteiger partial charge on any atom is -0.361 e. The van der Waals surface area contributed by atoms with Crippen LogP contribution in [-0.4, -0.2) is 0 Å². The van der Waals surface area contributed by atoms with Crippen molar-refractivity contribution in [2.24, 2.45) is 7.05 Å². The Labute approximate surface area is 165 Å².